The van der Waals surface area contributed by atoms with Gasteiger partial charge in [0.05, 0.1) is 17.6 Å². The molecule has 1 aliphatic rings. The van der Waals surface area contributed by atoms with E-state index in [0.29, 0.717) is 18.0 Å². The van der Waals surface area contributed by atoms with Crippen molar-refractivity contribution in [3.05, 3.63) is 60.9 Å². The second-order valence-corrected chi connectivity index (χ2v) is 8.75. The number of urea groups is 1. The molecule has 1 unspecified atom stereocenters. The summed E-state index contributed by atoms with van der Waals surface area (Å²) in [5.74, 6) is -0.373. The van der Waals surface area contributed by atoms with Crippen LogP contribution in [0.2, 0.25) is 0 Å². The fraction of sp³-hybridized carbons (Fsp3) is 0.280. The van der Waals surface area contributed by atoms with Crippen molar-refractivity contribution < 1.29 is 24.2 Å². The average molecular weight is 463 g/mol. The van der Waals surface area contributed by atoms with Gasteiger partial charge in [-0.05, 0) is 50.6 Å². The third kappa shape index (κ3) is 5.09. The van der Waals surface area contributed by atoms with Gasteiger partial charge in [-0.1, -0.05) is 24.3 Å². The fourth-order valence-corrected chi connectivity index (χ4v) is 3.37. The Bertz CT molecular complexity index is 1180. The summed E-state index contributed by atoms with van der Waals surface area (Å²) in [7, 11) is 0. The molecule has 0 fully saturated rings. The number of hydrogen-bond acceptors (Lipinski definition) is 6. The Kier molecular flexibility index (Phi) is 6.36. The zero-order valence-electron chi connectivity index (χ0n) is 19.2. The molecule has 0 saturated heterocycles. The normalized spacial score (nSPS) is 15.1. The van der Waals surface area contributed by atoms with Crippen LogP contribution in [-0.2, 0) is 4.79 Å². The van der Waals surface area contributed by atoms with Crippen LogP contribution in [0.4, 0.5) is 16.2 Å². The number of carbonyl (C=O) groups is 2. The topological polar surface area (TPSA) is 114 Å². The highest BCUT2D eigenvalue weighted by atomic mass is 16.5. The number of anilines is 2. The average Bonchev–Trinajstić information content (AvgIpc) is 2.82. The molecule has 2 heterocycles. The van der Waals surface area contributed by atoms with Crippen molar-refractivity contribution in [2.45, 2.75) is 26.9 Å². The van der Waals surface area contributed by atoms with Crippen molar-refractivity contribution >= 4 is 23.4 Å². The Labute approximate surface area is 197 Å². The van der Waals surface area contributed by atoms with Crippen molar-refractivity contribution in [1.82, 2.24) is 9.97 Å². The van der Waals surface area contributed by atoms with Gasteiger partial charge in [-0.3, -0.25) is 9.69 Å². The predicted molar refractivity (Wildman–Crippen MR) is 127 cm³/mol. The monoisotopic (exact) mass is 462 g/mol. The Morgan fingerprint density at radius 2 is 1.85 bits per heavy atom. The van der Waals surface area contributed by atoms with Gasteiger partial charge in [-0.25, -0.2) is 14.8 Å². The Hall–Kier alpha value is -4.14. The first-order valence-corrected chi connectivity index (χ1v) is 10.9. The maximum atomic E-state index is 12.9. The molecule has 2 N–H and O–H groups in total. The number of benzene rings is 2. The van der Waals surface area contributed by atoms with E-state index in [0.717, 1.165) is 16.8 Å². The number of ether oxygens (including phenoxy) is 2. The molecule has 9 heteroatoms. The van der Waals surface area contributed by atoms with E-state index in [1.54, 1.807) is 31.1 Å². The summed E-state index contributed by atoms with van der Waals surface area (Å²) >= 11 is 0. The molecule has 0 saturated carbocycles. The van der Waals surface area contributed by atoms with E-state index >= 15 is 0 Å². The van der Waals surface area contributed by atoms with E-state index in [9.17, 15) is 14.7 Å². The zero-order valence-corrected chi connectivity index (χ0v) is 19.2. The first kappa shape index (κ1) is 23.0. The number of hydrogen-bond donors (Lipinski definition) is 2. The quantitative estimate of drug-likeness (QED) is 0.556. The van der Waals surface area contributed by atoms with E-state index in [-0.39, 0.29) is 24.8 Å². The van der Waals surface area contributed by atoms with E-state index in [4.69, 9.17) is 9.47 Å². The minimum absolute atomic E-state index is 0.0485. The lowest BCUT2D eigenvalue weighted by atomic mass is 9.95. The highest BCUT2D eigenvalue weighted by molar-refractivity contribution is 6.03. The number of carboxylic acids is 1. The highest BCUT2D eigenvalue weighted by Gasteiger charge is 2.29. The number of nitrogens with zero attached hydrogens (tertiary/aromatic N) is 3. The number of rotatable bonds is 6. The van der Waals surface area contributed by atoms with Gasteiger partial charge >= 0.3 is 18.0 Å². The first-order valence-electron chi connectivity index (χ1n) is 10.9. The molecule has 2 aromatic carbocycles. The van der Waals surface area contributed by atoms with Gasteiger partial charge in [0.25, 0.3) is 0 Å². The van der Waals surface area contributed by atoms with E-state index in [1.807, 2.05) is 55.5 Å². The van der Waals surface area contributed by atoms with Crippen molar-refractivity contribution in [2.24, 2.45) is 5.41 Å². The highest BCUT2D eigenvalue weighted by Crippen LogP contribution is 2.37. The second-order valence-electron chi connectivity index (χ2n) is 8.75. The molecular formula is C25H26N4O5. The first-order chi connectivity index (χ1) is 16.2. The molecule has 34 heavy (non-hydrogen) atoms. The van der Waals surface area contributed by atoms with Gasteiger partial charge in [0.1, 0.15) is 18.5 Å². The minimum Gasteiger partial charge on any atom is -0.487 e. The van der Waals surface area contributed by atoms with E-state index in [1.165, 1.54) is 0 Å². The van der Waals surface area contributed by atoms with Crippen LogP contribution in [0.1, 0.15) is 20.8 Å². The molecule has 9 nitrogen and oxygen atoms in total. The molecule has 2 amide bonds. The summed E-state index contributed by atoms with van der Waals surface area (Å²) in [5, 5.41) is 12.1. The van der Waals surface area contributed by atoms with E-state index < -0.39 is 11.4 Å². The molecule has 0 radical (unpaired) electrons. The molecule has 0 aliphatic carbocycles. The van der Waals surface area contributed by atoms with Crippen LogP contribution < -0.4 is 19.7 Å². The van der Waals surface area contributed by atoms with Gasteiger partial charge in [-0.15, -0.1) is 0 Å². The zero-order chi connectivity index (χ0) is 24.3. The summed E-state index contributed by atoms with van der Waals surface area (Å²) < 4.78 is 11.4. The van der Waals surface area contributed by atoms with Gasteiger partial charge in [0.2, 0.25) is 0 Å². The second kappa shape index (κ2) is 9.38. The summed E-state index contributed by atoms with van der Waals surface area (Å²) in [6.07, 6.45) is 3.02. The number of aliphatic carboxylic acids is 1. The lowest BCUT2D eigenvalue weighted by molar-refractivity contribution is -0.148. The summed E-state index contributed by atoms with van der Waals surface area (Å²) in [4.78, 5) is 34.2. The number of carboxylic acid groups (broad SMARTS) is 1. The summed E-state index contributed by atoms with van der Waals surface area (Å²) in [6, 6.07) is 14.7. The van der Waals surface area contributed by atoms with Crippen LogP contribution in [0.5, 0.6) is 11.8 Å². The van der Waals surface area contributed by atoms with Gasteiger partial charge in [0.15, 0.2) is 0 Å². The largest absolute Gasteiger partial charge is 0.487 e. The third-order valence-electron chi connectivity index (χ3n) is 5.39. The summed E-state index contributed by atoms with van der Waals surface area (Å²) in [5.41, 5.74) is 1.89. The van der Waals surface area contributed by atoms with Gasteiger partial charge in [-0.2, -0.15) is 0 Å². The van der Waals surface area contributed by atoms with Gasteiger partial charge < -0.3 is 19.9 Å². The molecule has 1 atom stereocenters. The maximum absolute atomic E-state index is 12.9. The standard InChI is InChI=1S/C25H26N4O5/c1-16-14-29(24(32)28-19-7-5-4-6-8-19)20-10-9-17(11-21(20)34-16)18-12-26-23(27-13-18)33-15-25(2,3)22(30)31/h4-13,16H,14-15H2,1-3H3,(H,28,32)(H,30,31). The Morgan fingerprint density at radius 3 is 2.53 bits per heavy atom. The van der Waals surface area contributed by atoms with Crippen LogP contribution >= 0.6 is 0 Å². The SMILES string of the molecule is CC1CN(C(=O)Nc2ccccc2)c2ccc(-c3cnc(OCC(C)(C)C(=O)O)nc3)cc2O1. The molecule has 176 valence electrons. The third-order valence-corrected chi connectivity index (χ3v) is 5.39. The van der Waals surface area contributed by atoms with Crippen molar-refractivity contribution in [3.8, 4) is 22.9 Å². The number of fused-ring (bicyclic) bond motifs is 1. The Balaban J connectivity index is 1.51. The summed E-state index contributed by atoms with van der Waals surface area (Å²) in [6.45, 7) is 5.43. The van der Waals surface area contributed by atoms with Crippen molar-refractivity contribution in [3.63, 3.8) is 0 Å². The van der Waals surface area contributed by atoms with E-state index in [2.05, 4.69) is 15.3 Å². The number of aromatic nitrogens is 2. The van der Waals surface area contributed by atoms with Crippen LogP contribution in [0.25, 0.3) is 11.1 Å². The van der Waals surface area contributed by atoms with Crippen LogP contribution in [0.3, 0.4) is 0 Å². The number of amides is 2. The predicted octanol–water partition coefficient (Wildman–Crippen LogP) is 4.45. The lowest BCUT2D eigenvalue weighted by Gasteiger charge is -2.33. The Morgan fingerprint density at radius 1 is 1.15 bits per heavy atom. The molecular weight excluding hydrogens is 436 g/mol. The van der Waals surface area contributed by atoms with Crippen LogP contribution in [0, 0.1) is 5.41 Å². The number of nitrogens with one attached hydrogen (secondary N) is 1. The van der Waals surface area contributed by atoms with Gasteiger partial charge in [0, 0.05) is 23.6 Å². The molecule has 4 rings (SSSR count). The van der Waals surface area contributed by atoms with Crippen molar-refractivity contribution in [1.29, 1.82) is 0 Å². The number of para-hydroxylation sites is 1. The molecule has 0 bridgehead atoms. The fourth-order valence-electron chi connectivity index (χ4n) is 3.37. The lowest BCUT2D eigenvalue weighted by Crippen LogP contribution is -2.44. The van der Waals surface area contributed by atoms with Crippen LogP contribution in [0.15, 0.2) is 60.9 Å². The minimum atomic E-state index is -1.05. The maximum Gasteiger partial charge on any atom is 0.326 e. The van der Waals surface area contributed by atoms with Crippen LogP contribution in [-0.4, -0.2) is 46.3 Å². The molecule has 1 aliphatic heterocycles. The molecule has 3 aromatic rings. The van der Waals surface area contributed by atoms with Crippen molar-refractivity contribution in [2.75, 3.05) is 23.4 Å². The smallest absolute Gasteiger partial charge is 0.326 e. The molecule has 1 aromatic heterocycles. The molecule has 0 spiro atoms. The number of carbonyl (C=O) groups excluding carboxylic acids is 1.